The lowest BCUT2D eigenvalue weighted by atomic mass is 9.67. The Labute approximate surface area is 176 Å². The average Bonchev–Trinajstić information content (AvgIpc) is 3.26. The molecule has 1 aromatic carbocycles. The average molecular weight is 403 g/mol. The highest BCUT2D eigenvalue weighted by Gasteiger charge is 2.36. The largest absolute Gasteiger partial charge is 0.496 e. The molecule has 2 N–H and O–H groups in total. The fourth-order valence-corrected chi connectivity index (χ4v) is 4.63. The maximum Gasteiger partial charge on any atom is 0.191 e. The van der Waals surface area contributed by atoms with Gasteiger partial charge in [-0.3, -0.25) is 9.89 Å². The maximum absolute atomic E-state index is 5.66. The third-order valence-corrected chi connectivity index (χ3v) is 6.65. The van der Waals surface area contributed by atoms with Gasteiger partial charge in [0, 0.05) is 39.4 Å². The van der Waals surface area contributed by atoms with Gasteiger partial charge in [-0.2, -0.15) is 0 Å². The van der Waals surface area contributed by atoms with Gasteiger partial charge >= 0.3 is 0 Å². The third-order valence-electron chi connectivity index (χ3n) is 6.65. The summed E-state index contributed by atoms with van der Waals surface area (Å²) in [6.45, 7) is 4.87. The van der Waals surface area contributed by atoms with Crippen molar-refractivity contribution in [2.45, 2.75) is 44.6 Å². The summed E-state index contributed by atoms with van der Waals surface area (Å²) >= 11 is 0. The molecule has 2 fully saturated rings. The molecule has 1 saturated heterocycles. The molecule has 1 aromatic rings. The van der Waals surface area contributed by atoms with Gasteiger partial charge in [0.25, 0.3) is 0 Å². The van der Waals surface area contributed by atoms with E-state index in [9.17, 15) is 0 Å². The number of benzene rings is 1. The summed E-state index contributed by atoms with van der Waals surface area (Å²) in [5.74, 6) is 1.84. The van der Waals surface area contributed by atoms with Crippen LogP contribution < -0.4 is 15.4 Å². The summed E-state index contributed by atoms with van der Waals surface area (Å²) in [6, 6.07) is 8.66. The van der Waals surface area contributed by atoms with Gasteiger partial charge in [-0.1, -0.05) is 24.6 Å². The number of aliphatic imine (C=N–C) groups is 1. The molecule has 6 nitrogen and oxygen atoms in total. The molecule has 0 bridgehead atoms. The molecule has 29 heavy (non-hydrogen) atoms. The molecule has 1 unspecified atom stereocenters. The van der Waals surface area contributed by atoms with Gasteiger partial charge in [-0.25, -0.2) is 0 Å². The van der Waals surface area contributed by atoms with Crippen LogP contribution in [0, 0.1) is 5.41 Å². The van der Waals surface area contributed by atoms with Crippen molar-refractivity contribution in [3.63, 3.8) is 0 Å². The van der Waals surface area contributed by atoms with E-state index in [2.05, 4.69) is 38.7 Å². The minimum absolute atomic E-state index is 0.276. The van der Waals surface area contributed by atoms with Crippen LogP contribution in [0.4, 0.5) is 0 Å². The quantitative estimate of drug-likeness (QED) is 0.465. The van der Waals surface area contributed by atoms with Crippen molar-refractivity contribution in [1.29, 1.82) is 0 Å². The summed E-state index contributed by atoms with van der Waals surface area (Å²) in [7, 11) is 5.40. The molecule has 2 aliphatic rings. The van der Waals surface area contributed by atoms with Gasteiger partial charge in [-0.15, -0.1) is 0 Å². The van der Waals surface area contributed by atoms with E-state index < -0.39 is 0 Å². The SMILES string of the molecule is CN=C(NCC(c1ccccc1OC)N1CCCC1)NCC1(CCOC)CCC1. The van der Waals surface area contributed by atoms with Crippen LogP contribution in [0.15, 0.2) is 29.3 Å². The lowest BCUT2D eigenvalue weighted by molar-refractivity contribution is 0.0732. The molecule has 3 rings (SSSR count). The first-order chi connectivity index (χ1) is 14.2. The Balaban J connectivity index is 1.61. The molecule has 0 aromatic heterocycles. The first kappa shape index (κ1) is 21.9. The van der Waals surface area contributed by atoms with Crippen LogP contribution >= 0.6 is 0 Å². The summed E-state index contributed by atoms with van der Waals surface area (Å²) in [5.41, 5.74) is 1.61. The van der Waals surface area contributed by atoms with Crippen LogP contribution in [0.2, 0.25) is 0 Å². The monoisotopic (exact) mass is 402 g/mol. The molecule has 0 radical (unpaired) electrons. The van der Waals surface area contributed by atoms with Gasteiger partial charge in [0.15, 0.2) is 5.96 Å². The highest BCUT2D eigenvalue weighted by Crippen LogP contribution is 2.43. The number of hydrogen-bond acceptors (Lipinski definition) is 4. The number of guanidine groups is 1. The smallest absolute Gasteiger partial charge is 0.191 e. The number of rotatable bonds is 10. The Hall–Kier alpha value is -1.79. The second-order valence-corrected chi connectivity index (χ2v) is 8.40. The van der Waals surface area contributed by atoms with E-state index in [-0.39, 0.29) is 6.04 Å². The molecular weight excluding hydrogens is 364 g/mol. The normalized spacial score (nSPS) is 20.2. The first-order valence-corrected chi connectivity index (χ1v) is 11.0. The number of likely N-dealkylation sites (tertiary alicyclic amines) is 1. The van der Waals surface area contributed by atoms with Crippen molar-refractivity contribution in [3.05, 3.63) is 29.8 Å². The number of methoxy groups -OCH3 is 2. The standard InChI is InChI=1S/C23H38N4O2/c1-24-22(26-18-23(11-8-12-23)13-16-28-2)25-17-20(27-14-6-7-15-27)19-9-4-5-10-21(19)29-3/h4-5,9-10,20H,6-8,11-18H2,1-3H3,(H2,24,25,26). The van der Waals surface area contributed by atoms with E-state index in [1.807, 2.05) is 13.1 Å². The summed E-state index contributed by atoms with van der Waals surface area (Å²) in [4.78, 5) is 7.04. The Morgan fingerprint density at radius 3 is 2.52 bits per heavy atom. The maximum atomic E-state index is 5.66. The van der Waals surface area contributed by atoms with E-state index in [0.717, 1.165) is 50.9 Å². The van der Waals surface area contributed by atoms with Crippen LogP contribution in [-0.4, -0.2) is 64.9 Å². The van der Waals surface area contributed by atoms with Crippen molar-refractivity contribution in [1.82, 2.24) is 15.5 Å². The van der Waals surface area contributed by atoms with Crippen LogP contribution in [0.1, 0.15) is 50.1 Å². The molecule has 1 aliphatic carbocycles. The van der Waals surface area contributed by atoms with Crippen molar-refractivity contribution in [2.75, 3.05) is 54.1 Å². The van der Waals surface area contributed by atoms with E-state index in [1.165, 1.54) is 37.7 Å². The van der Waals surface area contributed by atoms with Crippen molar-refractivity contribution >= 4 is 5.96 Å². The number of nitrogens with one attached hydrogen (secondary N) is 2. The van der Waals surface area contributed by atoms with Crippen LogP contribution in [-0.2, 0) is 4.74 Å². The lowest BCUT2D eigenvalue weighted by Crippen LogP contribution is -2.48. The Morgan fingerprint density at radius 1 is 1.14 bits per heavy atom. The second kappa shape index (κ2) is 10.8. The molecule has 0 amide bonds. The zero-order valence-corrected chi connectivity index (χ0v) is 18.4. The lowest BCUT2D eigenvalue weighted by Gasteiger charge is -2.42. The van der Waals surface area contributed by atoms with E-state index >= 15 is 0 Å². The first-order valence-electron chi connectivity index (χ1n) is 11.0. The van der Waals surface area contributed by atoms with Crippen molar-refractivity contribution < 1.29 is 9.47 Å². The Kier molecular flexibility index (Phi) is 8.19. The van der Waals surface area contributed by atoms with Gasteiger partial charge < -0.3 is 20.1 Å². The second-order valence-electron chi connectivity index (χ2n) is 8.40. The summed E-state index contributed by atoms with van der Waals surface area (Å²) in [5, 5.41) is 7.16. The highest BCUT2D eigenvalue weighted by atomic mass is 16.5. The van der Waals surface area contributed by atoms with Crippen molar-refractivity contribution in [3.8, 4) is 5.75 Å². The van der Waals surface area contributed by atoms with E-state index in [4.69, 9.17) is 9.47 Å². The predicted octanol–water partition coefficient (Wildman–Crippen LogP) is 3.20. The van der Waals surface area contributed by atoms with Crippen molar-refractivity contribution in [2.24, 2.45) is 10.4 Å². The minimum atomic E-state index is 0.276. The van der Waals surface area contributed by atoms with E-state index in [1.54, 1.807) is 14.2 Å². The third kappa shape index (κ3) is 5.64. The van der Waals surface area contributed by atoms with Gasteiger partial charge in [0.05, 0.1) is 13.2 Å². The molecule has 6 heteroatoms. The fraction of sp³-hybridized carbons (Fsp3) is 0.696. The summed E-state index contributed by atoms with van der Waals surface area (Å²) in [6.07, 6.45) is 7.52. The molecular formula is C23H38N4O2. The molecule has 162 valence electrons. The Bertz CT molecular complexity index is 654. The highest BCUT2D eigenvalue weighted by molar-refractivity contribution is 5.79. The van der Waals surface area contributed by atoms with Gasteiger partial charge in [0.1, 0.15) is 5.75 Å². The predicted molar refractivity (Wildman–Crippen MR) is 119 cm³/mol. The minimum Gasteiger partial charge on any atom is -0.496 e. The number of para-hydroxylation sites is 1. The molecule has 1 atom stereocenters. The van der Waals surface area contributed by atoms with Gasteiger partial charge in [0.2, 0.25) is 0 Å². The molecule has 1 saturated carbocycles. The number of ether oxygens (including phenoxy) is 2. The molecule has 0 spiro atoms. The van der Waals surface area contributed by atoms with Crippen LogP contribution in [0.25, 0.3) is 0 Å². The topological polar surface area (TPSA) is 58.1 Å². The molecule has 1 heterocycles. The zero-order chi connectivity index (χ0) is 20.5. The van der Waals surface area contributed by atoms with Crippen LogP contribution in [0.5, 0.6) is 5.75 Å². The molecule has 1 aliphatic heterocycles. The number of nitrogens with zero attached hydrogens (tertiary/aromatic N) is 2. The fourth-order valence-electron chi connectivity index (χ4n) is 4.63. The van der Waals surface area contributed by atoms with Gasteiger partial charge in [-0.05, 0) is 56.7 Å². The summed E-state index contributed by atoms with van der Waals surface area (Å²) < 4.78 is 11.0. The van der Waals surface area contributed by atoms with E-state index in [0.29, 0.717) is 5.41 Å². The zero-order valence-electron chi connectivity index (χ0n) is 18.4. The van der Waals surface area contributed by atoms with Crippen LogP contribution in [0.3, 0.4) is 0 Å². The number of hydrogen-bond donors (Lipinski definition) is 2. The Morgan fingerprint density at radius 2 is 1.90 bits per heavy atom.